The van der Waals surface area contributed by atoms with E-state index < -0.39 is 0 Å². The van der Waals surface area contributed by atoms with Gasteiger partial charge in [-0.05, 0) is 52.1 Å². The lowest BCUT2D eigenvalue weighted by Gasteiger charge is -2.25. The molecule has 0 bridgehead atoms. The van der Waals surface area contributed by atoms with Crippen LogP contribution in [0.15, 0.2) is 0 Å². The molecule has 1 heterocycles. The Kier molecular flexibility index (Phi) is 6.52. The predicted molar refractivity (Wildman–Crippen MR) is 68.9 cm³/mol. The third kappa shape index (κ3) is 6.03. The van der Waals surface area contributed by atoms with Crippen molar-refractivity contribution in [2.45, 2.75) is 39.2 Å². The molecule has 0 saturated carbocycles. The minimum absolute atomic E-state index is 0.0904. The van der Waals surface area contributed by atoms with Gasteiger partial charge in [0, 0.05) is 13.6 Å². The quantitative estimate of drug-likeness (QED) is 0.762. The van der Waals surface area contributed by atoms with Gasteiger partial charge in [0.2, 0.25) is 5.91 Å². The fourth-order valence-electron chi connectivity index (χ4n) is 2.02. The number of carbonyl (C=O) groups excluding carboxylic acids is 1. The second kappa shape index (κ2) is 7.67. The number of likely N-dealkylation sites (N-methyl/N-ethyl adjacent to an activating group) is 1. The molecule has 1 amide bonds. The van der Waals surface area contributed by atoms with Gasteiger partial charge in [-0.25, -0.2) is 0 Å². The number of ether oxygens (including phenoxy) is 1. The van der Waals surface area contributed by atoms with Crippen molar-refractivity contribution in [3.05, 3.63) is 0 Å². The lowest BCUT2D eigenvalue weighted by atomic mass is 9.94. The highest BCUT2D eigenvalue weighted by Crippen LogP contribution is 2.15. The highest BCUT2D eigenvalue weighted by atomic mass is 16.5. The van der Waals surface area contributed by atoms with E-state index in [0.717, 1.165) is 32.0 Å². The Morgan fingerprint density at radius 2 is 2.06 bits per heavy atom. The maximum Gasteiger partial charge on any atom is 0.248 e. The molecule has 0 spiro atoms. The van der Waals surface area contributed by atoms with Crippen molar-refractivity contribution >= 4 is 5.91 Å². The lowest BCUT2D eigenvalue weighted by Crippen LogP contribution is -2.34. The van der Waals surface area contributed by atoms with E-state index >= 15 is 0 Å². The number of nitrogens with one attached hydrogen (secondary N) is 1. The molecule has 17 heavy (non-hydrogen) atoms. The van der Waals surface area contributed by atoms with Gasteiger partial charge >= 0.3 is 0 Å². The highest BCUT2D eigenvalue weighted by Gasteiger charge is 2.15. The molecule has 4 nitrogen and oxygen atoms in total. The first-order chi connectivity index (χ1) is 8.09. The molecule has 1 aliphatic rings. The molecule has 0 aromatic heterocycles. The Balaban J connectivity index is 2.14. The van der Waals surface area contributed by atoms with Crippen LogP contribution < -0.4 is 5.32 Å². The first-order valence-electron chi connectivity index (χ1n) is 6.66. The number of piperidine rings is 1. The Hall–Kier alpha value is -0.610. The molecule has 0 radical (unpaired) electrons. The molecule has 1 rings (SSSR count). The fourth-order valence-corrected chi connectivity index (χ4v) is 2.02. The van der Waals surface area contributed by atoms with E-state index in [1.807, 2.05) is 20.9 Å². The third-order valence-corrected chi connectivity index (χ3v) is 3.30. The van der Waals surface area contributed by atoms with Gasteiger partial charge in [0.15, 0.2) is 0 Å². The minimum atomic E-state index is 0.0904. The second-order valence-corrected chi connectivity index (χ2v) is 5.16. The second-order valence-electron chi connectivity index (χ2n) is 5.16. The van der Waals surface area contributed by atoms with Gasteiger partial charge in [0.25, 0.3) is 0 Å². The van der Waals surface area contributed by atoms with E-state index in [-0.39, 0.29) is 18.6 Å². The van der Waals surface area contributed by atoms with Crippen LogP contribution in [-0.2, 0) is 9.53 Å². The number of rotatable bonds is 6. The van der Waals surface area contributed by atoms with E-state index in [2.05, 4.69) is 5.32 Å². The third-order valence-electron chi connectivity index (χ3n) is 3.30. The molecule has 0 unspecified atom stereocenters. The van der Waals surface area contributed by atoms with Crippen molar-refractivity contribution in [2.75, 3.05) is 33.3 Å². The Morgan fingerprint density at radius 1 is 1.41 bits per heavy atom. The van der Waals surface area contributed by atoms with Gasteiger partial charge in [-0.2, -0.15) is 0 Å². The molecular weight excluding hydrogens is 216 g/mol. The summed E-state index contributed by atoms with van der Waals surface area (Å²) in [6.07, 6.45) is 3.72. The molecule has 0 aromatic rings. The number of hydrogen-bond acceptors (Lipinski definition) is 3. The summed E-state index contributed by atoms with van der Waals surface area (Å²) in [6.45, 7) is 7.20. The van der Waals surface area contributed by atoms with E-state index in [1.165, 1.54) is 12.8 Å². The van der Waals surface area contributed by atoms with Crippen molar-refractivity contribution < 1.29 is 9.53 Å². The van der Waals surface area contributed by atoms with E-state index in [4.69, 9.17) is 4.74 Å². The van der Waals surface area contributed by atoms with Crippen LogP contribution in [0.1, 0.15) is 33.1 Å². The van der Waals surface area contributed by atoms with Crippen molar-refractivity contribution in [1.82, 2.24) is 10.2 Å². The summed E-state index contributed by atoms with van der Waals surface area (Å²) >= 11 is 0. The summed E-state index contributed by atoms with van der Waals surface area (Å²) in [4.78, 5) is 13.5. The zero-order chi connectivity index (χ0) is 12.7. The molecule has 1 aliphatic heterocycles. The van der Waals surface area contributed by atoms with Gasteiger partial charge in [-0.15, -0.1) is 0 Å². The molecule has 0 aromatic carbocycles. The topological polar surface area (TPSA) is 41.6 Å². The molecule has 4 heteroatoms. The first-order valence-corrected chi connectivity index (χ1v) is 6.66. The standard InChI is InChI=1S/C13H26N2O2/c1-11(2)17-10-13(16)15(3)9-6-12-4-7-14-8-5-12/h11-12,14H,4-10H2,1-3H3. The van der Waals surface area contributed by atoms with Crippen molar-refractivity contribution in [1.29, 1.82) is 0 Å². The Bertz CT molecular complexity index is 225. The van der Waals surface area contributed by atoms with Gasteiger partial charge < -0.3 is 15.0 Å². The average molecular weight is 242 g/mol. The average Bonchev–Trinajstić information content (AvgIpc) is 2.34. The summed E-state index contributed by atoms with van der Waals surface area (Å²) in [7, 11) is 1.87. The van der Waals surface area contributed by atoms with Crippen molar-refractivity contribution in [2.24, 2.45) is 5.92 Å². The van der Waals surface area contributed by atoms with E-state index in [9.17, 15) is 4.79 Å². The molecule has 1 fully saturated rings. The van der Waals surface area contributed by atoms with E-state index in [1.54, 1.807) is 4.90 Å². The summed E-state index contributed by atoms with van der Waals surface area (Å²) in [6, 6.07) is 0. The summed E-state index contributed by atoms with van der Waals surface area (Å²) in [5.41, 5.74) is 0. The Labute approximate surface area is 105 Å². The van der Waals surface area contributed by atoms with Crippen LogP contribution in [0.5, 0.6) is 0 Å². The van der Waals surface area contributed by atoms with Gasteiger partial charge in [0.05, 0.1) is 6.10 Å². The van der Waals surface area contributed by atoms with Crippen LogP contribution >= 0.6 is 0 Å². The predicted octanol–water partition coefficient (Wildman–Crippen LogP) is 1.26. The minimum Gasteiger partial charge on any atom is -0.369 e. The molecule has 100 valence electrons. The fraction of sp³-hybridized carbons (Fsp3) is 0.923. The van der Waals surface area contributed by atoms with E-state index in [0.29, 0.717) is 0 Å². The number of nitrogens with zero attached hydrogens (tertiary/aromatic N) is 1. The van der Waals surface area contributed by atoms with Crippen LogP contribution in [-0.4, -0.2) is 50.2 Å². The first kappa shape index (κ1) is 14.5. The van der Waals surface area contributed by atoms with Crippen LogP contribution in [0.4, 0.5) is 0 Å². The summed E-state index contributed by atoms with van der Waals surface area (Å²) in [5, 5.41) is 3.36. The van der Waals surface area contributed by atoms with Crippen LogP contribution in [0.2, 0.25) is 0 Å². The van der Waals surface area contributed by atoms with Gasteiger partial charge in [-0.1, -0.05) is 0 Å². The zero-order valence-corrected chi connectivity index (χ0v) is 11.4. The monoisotopic (exact) mass is 242 g/mol. The van der Waals surface area contributed by atoms with Crippen LogP contribution in [0.3, 0.4) is 0 Å². The molecular formula is C13H26N2O2. The van der Waals surface area contributed by atoms with Crippen molar-refractivity contribution in [3.63, 3.8) is 0 Å². The van der Waals surface area contributed by atoms with Gasteiger partial charge in [-0.3, -0.25) is 4.79 Å². The number of amides is 1. The maximum absolute atomic E-state index is 11.7. The van der Waals surface area contributed by atoms with Crippen LogP contribution in [0.25, 0.3) is 0 Å². The van der Waals surface area contributed by atoms with Gasteiger partial charge in [0.1, 0.15) is 6.61 Å². The lowest BCUT2D eigenvalue weighted by molar-refractivity contribution is -0.136. The Morgan fingerprint density at radius 3 is 2.65 bits per heavy atom. The highest BCUT2D eigenvalue weighted by molar-refractivity contribution is 5.77. The molecule has 1 saturated heterocycles. The SMILES string of the molecule is CC(C)OCC(=O)N(C)CCC1CCNCC1. The molecule has 0 aliphatic carbocycles. The zero-order valence-electron chi connectivity index (χ0n) is 11.4. The molecule has 0 atom stereocenters. The smallest absolute Gasteiger partial charge is 0.248 e. The van der Waals surface area contributed by atoms with Crippen LogP contribution in [0, 0.1) is 5.92 Å². The van der Waals surface area contributed by atoms with Crippen molar-refractivity contribution in [3.8, 4) is 0 Å². The maximum atomic E-state index is 11.7. The number of hydrogen-bond donors (Lipinski definition) is 1. The normalized spacial score (nSPS) is 17.4. The largest absolute Gasteiger partial charge is 0.369 e. The number of carbonyl (C=O) groups is 1. The summed E-state index contributed by atoms with van der Waals surface area (Å²) in [5.74, 6) is 0.866. The molecule has 1 N–H and O–H groups in total. The summed E-state index contributed by atoms with van der Waals surface area (Å²) < 4.78 is 5.32.